The Morgan fingerprint density at radius 2 is 1.77 bits per heavy atom. The first-order valence-corrected chi connectivity index (χ1v) is 11.1. The summed E-state index contributed by atoms with van der Waals surface area (Å²) in [5.41, 5.74) is 3.63. The molecule has 0 unspecified atom stereocenters. The third-order valence-electron chi connectivity index (χ3n) is 5.39. The molecule has 4 aromatic rings. The Bertz CT molecular complexity index is 1460. The SMILES string of the molecule is CCOC(=O)c1cnn(-c2cc(C)c3cccc(C)c3n2)c1NC(=O)c1cccc(NC(C)=O)c1. The lowest BCUT2D eigenvalue weighted by atomic mass is 10.1. The summed E-state index contributed by atoms with van der Waals surface area (Å²) >= 11 is 0. The Morgan fingerprint density at radius 3 is 2.51 bits per heavy atom. The van der Waals surface area contributed by atoms with Gasteiger partial charge in [0.05, 0.1) is 18.3 Å². The predicted molar refractivity (Wildman–Crippen MR) is 133 cm³/mol. The Hall–Kier alpha value is -4.53. The molecule has 0 aliphatic carbocycles. The minimum Gasteiger partial charge on any atom is -0.462 e. The van der Waals surface area contributed by atoms with Gasteiger partial charge in [-0.1, -0.05) is 24.3 Å². The van der Waals surface area contributed by atoms with Crippen LogP contribution in [0.2, 0.25) is 0 Å². The number of anilines is 2. The maximum absolute atomic E-state index is 13.2. The number of benzene rings is 2. The molecule has 0 bridgehead atoms. The van der Waals surface area contributed by atoms with Gasteiger partial charge in [-0.05, 0) is 56.2 Å². The van der Waals surface area contributed by atoms with Crippen LogP contribution < -0.4 is 10.6 Å². The van der Waals surface area contributed by atoms with Gasteiger partial charge in [-0.25, -0.2) is 9.78 Å². The number of ether oxygens (including phenoxy) is 1. The van der Waals surface area contributed by atoms with Crippen molar-refractivity contribution in [3.8, 4) is 5.82 Å². The number of hydrogen-bond acceptors (Lipinski definition) is 6. The molecule has 2 heterocycles. The second-order valence-electron chi connectivity index (χ2n) is 8.02. The summed E-state index contributed by atoms with van der Waals surface area (Å²) in [7, 11) is 0. The molecule has 4 rings (SSSR count). The van der Waals surface area contributed by atoms with Crippen LogP contribution >= 0.6 is 0 Å². The van der Waals surface area contributed by atoms with E-state index in [4.69, 9.17) is 9.72 Å². The summed E-state index contributed by atoms with van der Waals surface area (Å²) in [6.07, 6.45) is 1.35. The minimum atomic E-state index is -0.616. The Balaban J connectivity index is 1.79. The Kier molecular flexibility index (Phi) is 6.59. The topological polar surface area (TPSA) is 115 Å². The third kappa shape index (κ3) is 4.89. The van der Waals surface area contributed by atoms with Gasteiger partial charge in [0.1, 0.15) is 5.56 Å². The fourth-order valence-corrected chi connectivity index (χ4v) is 3.77. The van der Waals surface area contributed by atoms with Gasteiger partial charge in [0.25, 0.3) is 5.91 Å². The van der Waals surface area contributed by atoms with Crippen molar-refractivity contribution in [3.63, 3.8) is 0 Å². The van der Waals surface area contributed by atoms with Gasteiger partial charge in [-0.2, -0.15) is 9.78 Å². The van der Waals surface area contributed by atoms with Gasteiger partial charge in [0, 0.05) is 23.6 Å². The predicted octanol–water partition coefficient (Wildman–Crippen LogP) is 4.42. The number of rotatable bonds is 6. The molecule has 2 aromatic heterocycles. The zero-order valence-electron chi connectivity index (χ0n) is 19.9. The molecule has 2 amide bonds. The fraction of sp³-hybridized carbons (Fsp3) is 0.192. The van der Waals surface area contributed by atoms with Crippen LogP contribution in [0.4, 0.5) is 11.5 Å². The van der Waals surface area contributed by atoms with Crippen molar-refractivity contribution in [3.05, 3.63) is 77.0 Å². The summed E-state index contributed by atoms with van der Waals surface area (Å²) in [4.78, 5) is 42.0. The highest BCUT2D eigenvalue weighted by atomic mass is 16.5. The van der Waals surface area contributed by atoms with Crippen LogP contribution in [0.15, 0.2) is 54.7 Å². The van der Waals surface area contributed by atoms with Crippen LogP contribution in [0.5, 0.6) is 0 Å². The van der Waals surface area contributed by atoms with E-state index in [-0.39, 0.29) is 29.5 Å². The molecule has 9 heteroatoms. The largest absolute Gasteiger partial charge is 0.462 e. The van der Waals surface area contributed by atoms with Crippen LogP contribution in [0.1, 0.15) is 45.7 Å². The van der Waals surface area contributed by atoms with Gasteiger partial charge in [-0.15, -0.1) is 0 Å². The zero-order chi connectivity index (χ0) is 25.1. The van der Waals surface area contributed by atoms with E-state index in [1.54, 1.807) is 31.2 Å². The number of esters is 1. The quantitative estimate of drug-likeness (QED) is 0.402. The molecule has 0 aliphatic heterocycles. The smallest absolute Gasteiger partial charge is 0.343 e. The van der Waals surface area contributed by atoms with Crippen LogP contribution in [-0.4, -0.2) is 39.2 Å². The molecule has 9 nitrogen and oxygen atoms in total. The zero-order valence-corrected chi connectivity index (χ0v) is 19.9. The molecule has 0 radical (unpaired) electrons. The van der Waals surface area contributed by atoms with Gasteiger partial charge in [0.2, 0.25) is 5.91 Å². The van der Waals surface area contributed by atoms with Crippen molar-refractivity contribution >= 4 is 40.2 Å². The number of hydrogen-bond donors (Lipinski definition) is 2. The lowest BCUT2D eigenvalue weighted by Gasteiger charge is -2.13. The van der Waals surface area contributed by atoms with Crippen LogP contribution in [0.25, 0.3) is 16.7 Å². The molecule has 35 heavy (non-hydrogen) atoms. The van der Waals surface area contributed by atoms with Crippen molar-refractivity contribution in [2.24, 2.45) is 0 Å². The molecular formula is C26H25N5O4. The molecule has 0 saturated carbocycles. The first-order valence-electron chi connectivity index (χ1n) is 11.1. The number of carbonyl (C=O) groups is 3. The molecule has 0 aliphatic rings. The molecule has 0 spiro atoms. The molecular weight excluding hydrogens is 446 g/mol. The number of aromatic nitrogens is 3. The third-order valence-corrected chi connectivity index (χ3v) is 5.39. The molecule has 2 aromatic carbocycles. The first kappa shape index (κ1) is 23.6. The van der Waals surface area contributed by atoms with Gasteiger partial charge in [-0.3, -0.25) is 9.59 Å². The maximum Gasteiger partial charge on any atom is 0.343 e. The number of nitrogens with one attached hydrogen (secondary N) is 2. The highest BCUT2D eigenvalue weighted by molar-refractivity contribution is 6.08. The number of amides is 2. The standard InChI is InChI=1S/C26H25N5O4/c1-5-35-26(34)21-14-27-31(22-12-16(3)20-11-6-8-15(2)23(20)29-22)24(21)30-25(33)18-9-7-10-19(13-18)28-17(4)32/h6-14H,5H2,1-4H3,(H,28,32)(H,30,33). The van der Waals surface area contributed by atoms with Crippen LogP contribution in [-0.2, 0) is 9.53 Å². The Labute approximate surface area is 202 Å². The van der Waals surface area contributed by atoms with Crippen LogP contribution in [0, 0.1) is 13.8 Å². The second-order valence-corrected chi connectivity index (χ2v) is 8.02. The molecule has 178 valence electrons. The number of aryl methyl sites for hydroxylation is 2. The average Bonchev–Trinajstić information content (AvgIpc) is 3.23. The first-order chi connectivity index (χ1) is 16.8. The number of para-hydroxylation sites is 1. The van der Waals surface area contributed by atoms with Gasteiger partial charge < -0.3 is 15.4 Å². The summed E-state index contributed by atoms with van der Waals surface area (Å²) in [5.74, 6) is -0.772. The molecule has 2 N–H and O–H groups in total. The van der Waals surface area contributed by atoms with Crippen molar-refractivity contribution < 1.29 is 19.1 Å². The molecule has 0 atom stereocenters. The number of fused-ring (bicyclic) bond motifs is 1. The number of nitrogens with zero attached hydrogens (tertiary/aromatic N) is 3. The molecule has 0 saturated heterocycles. The minimum absolute atomic E-state index is 0.0996. The van der Waals surface area contributed by atoms with Crippen molar-refractivity contribution in [2.45, 2.75) is 27.7 Å². The second kappa shape index (κ2) is 9.76. The van der Waals surface area contributed by atoms with E-state index in [1.165, 1.54) is 17.8 Å². The van der Waals surface area contributed by atoms with Crippen molar-refractivity contribution in [1.29, 1.82) is 0 Å². The van der Waals surface area contributed by atoms with Crippen molar-refractivity contribution in [2.75, 3.05) is 17.2 Å². The van der Waals surface area contributed by atoms with Crippen LogP contribution in [0.3, 0.4) is 0 Å². The van der Waals surface area contributed by atoms with E-state index in [2.05, 4.69) is 15.7 Å². The van der Waals surface area contributed by atoms with Gasteiger partial charge in [0.15, 0.2) is 11.6 Å². The van der Waals surface area contributed by atoms with Gasteiger partial charge >= 0.3 is 5.97 Å². The Morgan fingerprint density at radius 1 is 1.00 bits per heavy atom. The van der Waals surface area contributed by atoms with E-state index in [9.17, 15) is 14.4 Å². The van der Waals surface area contributed by atoms with Crippen molar-refractivity contribution in [1.82, 2.24) is 14.8 Å². The number of carbonyl (C=O) groups excluding carboxylic acids is 3. The summed E-state index contributed by atoms with van der Waals surface area (Å²) < 4.78 is 6.59. The van der Waals surface area contributed by atoms with E-state index in [1.807, 2.05) is 38.1 Å². The summed E-state index contributed by atoms with van der Waals surface area (Å²) in [6.45, 7) is 7.19. The lowest BCUT2D eigenvalue weighted by Crippen LogP contribution is -2.19. The summed E-state index contributed by atoms with van der Waals surface area (Å²) in [5, 5.41) is 10.8. The highest BCUT2D eigenvalue weighted by Crippen LogP contribution is 2.26. The normalized spacial score (nSPS) is 10.7. The summed E-state index contributed by atoms with van der Waals surface area (Å²) in [6, 6.07) is 14.3. The maximum atomic E-state index is 13.2. The highest BCUT2D eigenvalue weighted by Gasteiger charge is 2.23. The molecule has 0 fully saturated rings. The monoisotopic (exact) mass is 471 g/mol. The fourth-order valence-electron chi connectivity index (χ4n) is 3.77. The van der Waals surface area contributed by atoms with E-state index in [0.717, 1.165) is 22.0 Å². The van der Waals surface area contributed by atoms with E-state index >= 15 is 0 Å². The number of pyridine rings is 1. The average molecular weight is 472 g/mol. The van der Waals surface area contributed by atoms with E-state index < -0.39 is 11.9 Å². The lowest BCUT2D eigenvalue weighted by molar-refractivity contribution is -0.114. The van der Waals surface area contributed by atoms with E-state index in [0.29, 0.717) is 11.5 Å².